The average molecular weight is 410 g/mol. The molecule has 7 heteroatoms. The lowest BCUT2D eigenvalue weighted by Gasteiger charge is -2.19. The summed E-state index contributed by atoms with van der Waals surface area (Å²) in [5, 5.41) is 7.43. The van der Waals surface area contributed by atoms with E-state index in [0.29, 0.717) is 6.54 Å². The van der Waals surface area contributed by atoms with Crippen molar-refractivity contribution < 1.29 is 9.53 Å². The third-order valence-corrected chi connectivity index (χ3v) is 4.65. The molecular weight excluding hydrogens is 378 g/mol. The van der Waals surface area contributed by atoms with Crippen LogP contribution in [0.15, 0.2) is 36.7 Å². The lowest BCUT2D eigenvalue weighted by Crippen LogP contribution is -2.32. The maximum atomic E-state index is 11.6. The second-order valence-electron chi connectivity index (χ2n) is 8.48. The van der Waals surface area contributed by atoms with Crippen LogP contribution in [0.25, 0.3) is 22.3 Å². The van der Waals surface area contributed by atoms with Gasteiger partial charge in [-0.15, -0.1) is 0 Å². The van der Waals surface area contributed by atoms with Crippen molar-refractivity contribution in [2.75, 3.05) is 6.54 Å². The Kier molecular flexibility index (Phi) is 7.03. The van der Waals surface area contributed by atoms with E-state index in [1.165, 1.54) is 0 Å². The molecule has 0 saturated heterocycles. The first kappa shape index (κ1) is 21.7. The zero-order chi connectivity index (χ0) is 21.6. The van der Waals surface area contributed by atoms with E-state index in [4.69, 9.17) is 9.72 Å². The molecule has 30 heavy (non-hydrogen) atoms. The number of aromatic nitrogens is 4. The van der Waals surface area contributed by atoms with Crippen LogP contribution in [0.4, 0.5) is 4.79 Å². The van der Waals surface area contributed by atoms with Gasteiger partial charge in [0.25, 0.3) is 0 Å². The number of hydrogen-bond acceptors (Lipinski definition) is 5. The normalized spacial score (nSPS) is 11.6. The Bertz CT molecular complexity index is 991. The molecule has 0 radical (unpaired) electrons. The van der Waals surface area contributed by atoms with E-state index >= 15 is 0 Å². The summed E-state index contributed by atoms with van der Waals surface area (Å²) in [5.41, 5.74) is 4.17. The van der Waals surface area contributed by atoms with Crippen LogP contribution in [0.2, 0.25) is 0 Å². The number of nitrogens with zero attached hydrogens (tertiary/aromatic N) is 4. The number of benzene rings is 1. The molecule has 3 rings (SSSR count). The van der Waals surface area contributed by atoms with Crippen molar-refractivity contribution in [2.24, 2.45) is 0 Å². The van der Waals surface area contributed by atoms with Crippen molar-refractivity contribution in [2.45, 2.75) is 65.5 Å². The van der Waals surface area contributed by atoms with E-state index in [2.05, 4.69) is 21.6 Å². The Morgan fingerprint density at radius 1 is 1.10 bits per heavy atom. The molecule has 2 aromatic heterocycles. The molecule has 1 amide bonds. The minimum absolute atomic E-state index is 0.348. The third-order valence-electron chi connectivity index (χ3n) is 4.65. The fraction of sp³-hybridized carbons (Fsp3) is 0.478. The quantitative estimate of drug-likeness (QED) is 0.536. The topological polar surface area (TPSA) is 81.9 Å². The number of amides is 1. The predicted molar refractivity (Wildman–Crippen MR) is 118 cm³/mol. The third kappa shape index (κ3) is 6.27. The van der Waals surface area contributed by atoms with Crippen molar-refractivity contribution in [3.8, 4) is 11.3 Å². The number of fused-ring (bicyclic) bond motifs is 1. The summed E-state index contributed by atoms with van der Waals surface area (Å²) < 4.78 is 7.21. The standard InChI is InChI=1S/C23H31N5O2/c1-17-18(21-15-25-19-11-7-8-12-20(19)26-21)16-28(27-17)14-10-6-5-9-13-24-22(29)30-23(2,3)4/h7-8,11-12,15-16H,5-6,9-10,13-14H2,1-4H3,(H,24,29). The van der Waals surface area contributed by atoms with Gasteiger partial charge in [0.05, 0.1) is 28.6 Å². The Hall–Kier alpha value is -2.96. The van der Waals surface area contributed by atoms with Gasteiger partial charge in [-0.2, -0.15) is 5.10 Å². The lowest BCUT2D eigenvalue weighted by atomic mass is 10.2. The smallest absolute Gasteiger partial charge is 0.407 e. The molecule has 1 aromatic carbocycles. The number of nitrogens with one attached hydrogen (secondary N) is 1. The zero-order valence-corrected chi connectivity index (χ0v) is 18.3. The van der Waals surface area contributed by atoms with Gasteiger partial charge in [-0.25, -0.2) is 9.78 Å². The highest BCUT2D eigenvalue weighted by Gasteiger charge is 2.15. The van der Waals surface area contributed by atoms with Crippen LogP contribution < -0.4 is 5.32 Å². The van der Waals surface area contributed by atoms with Crippen LogP contribution in [0, 0.1) is 6.92 Å². The van der Waals surface area contributed by atoms with E-state index in [-0.39, 0.29) is 6.09 Å². The number of carbonyl (C=O) groups is 1. The van der Waals surface area contributed by atoms with Crippen molar-refractivity contribution in [1.82, 2.24) is 25.1 Å². The van der Waals surface area contributed by atoms with E-state index in [9.17, 15) is 4.79 Å². The molecule has 2 heterocycles. The summed E-state index contributed by atoms with van der Waals surface area (Å²) in [5.74, 6) is 0. The largest absolute Gasteiger partial charge is 0.444 e. The molecule has 0 atom stereocenters. The number of carbonyl (C=O) groups excluding carboxylic acids is 1. The highest BCUT2D eigenvalue weighted by molar-refractivity contribution is 5.77. The number of alkyl carbamates (subject to hydrolysis) is 1. The molecule has 160 valence electrons. The first-order valence-corrected chi connectivity index (χ1v) is 10.5. The van der Waals surface area contributed by atoms with Crippen LogP contribution in [0.3, 0.4) is 0 Å². The van der Waals surface area contributed by atoms with Gasteiger partial charge in [0.15, 0.2) is 0 Å². The molecule has 0 aliphatic carbocycles. The van der Waals surface area contributed by atoms with Crippen LogP contribution in [0.5, 0.6) is 0 Å². The predicted octanol–water partition coefficient (Wildman–Crippen LogP) is 4.89. The van der Waals surface area contributed by atoms with Crippen LogP contribution >= 0.6 is 0 Å². The first-order chi connectivity index (χ1) is 14.3. The summed E-state index contributed by atoms with van der Waals surface area (Å²) in [7, 11) is 0. The fourth-order valence-electron chi connectivity index (χ4n) is 3.23. The van der Waals surface area contributed by atoms with Crippen molar-refractivity contribution in [3.63, 3.8) is 0 Å². The summed E-state index contributed by atoms with van der Waals surface area (Å²) >= 11 is 0. The Morgan fingerprint density at radius 3 is 2.60 bits per heavy atom. The van der Waals surface area contributed by atoms with Crippen molar-refractivity contribution in [3.05, 3.63) is 42.4 Å². The number of aryl methyl sites for hydroxylation is 2. The molecule has 1 N–H and O–H groups in total. The highest BCUT2D eigenvalue weighted by atomic mass is 16.6. The molecule has 0 fully saturated rings. The van der Waals surface area contributed by atoms with E-state index < -0.39 is 5.60 Å². The molecule has 0 aliphatic rings. The molecule has 0 bridgehead atoms. The Morgan fingerprint density at radius 2 is 1.83 bits per heavy atom. The maximum Gasteiger partial charge on any atom is 0.407 e. The summed E-state index contributed by atoms with van der Waals surface area (Å²) in [6.07, 6.45) is 7.64. The number of unbranched alkanes of at least 4 members (excludes halogenated alkanes) is 3. The molecule has 3 aromatic rings. The summed E-state index contributed by atoms with van der Waals surface area (Å²) in [6.45, 7) is 9.09. The van der Waals surface area contributed by atoms with Gasteiger partial charge in [-0.05, 0) is 52.7 Å². The van der Waals surface area contributed by atoms with Crippen molar-refractivity contribution >= 4 is 17.1 Å². The lowest BCUT2D eigenvalue weighted by molar-refractivity contribution is 0.0527. The van der Waals surface area contributed by atoms with Gasteiger partial charge in [0, 0.05) is 24.8 Å². The monoisotopic (exact) mass is 409 g/mol. The van der Waals surface area contributed by atoms with Crippen LogP contribution in [-0.4, -0.2) is 38.0 Å². The van der Waals surface area contributed by atoms with Gasteiger partial charge in [0.2, 0.25) is 0 Å². The van der Waals surface area contributed by atoms with E-state index in [0.717, 1.165) is 60.2 Å². The molecular formula is C23H31N5O2. The molecule has 0 spiro atoms. The first-order valence-electron chi connectivity index (χ1n) is 10.5. The molecule has 0 saturated carbocycles. The van der Waals surface area contributed by atoms with E-state index in [1.54, 1.807) is 0 Å². The Balaban J connectivity index is 1.42. The number of rotatable bonds is 8. The second-order valence-corrected chi connectivity index (χ2v) is 8.48. The maximum absolute atomic E-state index is 11.6. The average Bonchev–Trinajstić information content (AvgIpc) is 3.06. The van der Waals surface area contributed by atoms with Gasteiger partial charge in [-0.1, -0.05) is 25.0 Å². The molecule has 0 unspecified atom stereocenters. The van der Waals surface area contributed by atoms with Crippen molar-refractivity contribution in [1.29, 1.82) is 0 Å². The minimum atomic E-state index is -0.455. The number of ether oxygens (including phenoxy) is 1. The number of para-hydroxylation sites is 2. The van der Waals surface area contributed by atoms with Gasteiger partial charge in [-0.3, -0.25) is 9.67 Å². The SMILES string of the molecule is Cc1nn(CCCCCCNC(=O)OC(C)(C)C)cc1-c1cnc2ccccc2n1. The van der Waals surface area contributed by atoms with Gasteiger partial charge < -0.3 is 10.1 Å². The number of hydrogen-bond donors (Lipinski definition) is 1. The summed E-state index contributed by atoms with van der Waals surface area (Å²) in [4.78, 5) is 20.8. The Labute approximate surface area is 177 Å². The highest BCUT2D eigenvalue weighted by Crippen LogP contribution is 2.22. The summed E-state index contributed by atoms with van der Waals surface area (Å²) in [6, 6.07) is 7.88. The van der Waals surface area contributed by atoms with Gasteiger partial charge >= 0.3 is 6.09 Å². The van der Waals surface area contributed by atoms with Gasteiger partial charge in [0.1, 0.15) is 5.60 Å². The fourth-order valence-corrected chi connectivity index (χ4v) is 3.23. The van der Waals surface area contributed by atoms with Crippen LogP contribution in [0.1, 0.15) is 52.1 Å². The molecule has 0 aliphatic heterocycles. The van der Waals surface area contributed by atoms with E-state index in [1.807, 2.05) is 62.8 Å². The van der Waals surface area contributed by atoms with Crippen LogP contribution in [-0.2, 0) is 11.3 Å². The molecule has 7 nitrogen and oxygen atoms in total. The zero-order valence-electron chi connectivity index (χ0n) is 18.3. The second kappa shape index (κ2) is 9.69. The minimum Gasteiger partial charge on any atom is -0.444 e.